The third kappa shape index (κ3) is 4.53. The molecular formula is C22H19F3N5O5P. The highest BCUT2D eigenvalue weighted by Gasteiger charge is 2.35. The maximum Gasteiger partial charge on any atom is 0.471 e. The zero-order chi connectivity index (χ0) is 25.8. The molecule has 0 saturated carbocycles. The Morgan fingerprint density at radius 1 is 1.17 bits per heavy atom. The number of halogens is 3. The van der Waals surface area contributed by atoms with Crippen LogP contribution in [-0.2, 0) is 22.0 Å². The summed E-state index contributed by atoms with van der Waals surface area (Å²) >= 11 is 0. The Bertz CT molecular complexity index is 1510. The molecule has 2 aromatic heterocycles. The Kier molecular flexibility index (Phi) is 5.75. The smallest absolute Gasteiger partial charge is 0.305 e. The van der Waals surface area contributed by atoms with Crippen molar-refractivity contribution in [3.63, 3.8) is 0 Å². The third-order valence-corrected chi connectivity index (χ3v) is 6.29. The molecule has 0 spiro atoms. The average molecular weight is 521 g/mol. The first-order valence-corrected chi connectivity index (χ1v) is 12.2. The van der Waals surface area contributed by atoms with Gasteiger partial charge in [0.25, 0.3) is 5.91 Å². The normalized spacial score (nSPS) is 16.6. The number of carbonyl (C=O) groups excluding carboxylic acids is 1. The summed E-state index contributed by atoms with van der Waals surface area (Å²) in [5.74, 6) is -0.397. The molecule has 10 nitrogen and oxygen atoms in total. The van der Waals surface area contributed by atoms with E-state index in [0.29, 0.717) is 33.4 Å². The van der Waals surface area contributed by atoms with Crippen molar-refractivity contribution in [3.05, 3.63) is 66.1 Å². The van der Waals surface area contributed by atoms with Crippen LogP contribution in [0.15, 0.2) is 54.9 Å². The number of phosphoric acid groups is 1. The van der Waals surface area contributed by atoms with Crippen LogP contribution in [0.1, 0.15) is 29.0 Å². The Morgan fingerprint density at radius 3 is 2.56 bits per heavy atom. The van der Waals surface area contributed by atoms with E-state index in [1.807, 2.05) is 6.92 Å². The van der Waals surface area contributed by atoms with Crippen LogP contribution in [0.3, 0.4) is 0 Å². The van der Waals surface area contributed by atoms with Gasteiger partial charge in [-0.1, -0.05) is 6.07 Å². The first-order chi connectivity index (χ1) is 16.9. The Balaban J connectivity index is 1.48. The number of carbonyl (C=O) groups is 1. The summed E-state index contributed by atoms with van der Waals surface area (Å²) in [7, 11) is -4.66. The number of hydrogen-bond donors (Lipinski definition) is 2. The van der Waals surface area contributed by atoms with E-state index in [1.54, 1.807) is 35.3 Å². The maximum absolute atomic E-state index is 13.5. The second-order valence-electron chi connectivity index (χ2n) is 8.35. The molecule has 5 rings (SSSR count). The van der Waals surface area contributed by atoms with E-state index < -0.39 is 32.2 Å². The van der Waals surface area contributed by atoms with E-state index in [2.05, 4.69) is 14.7 Å². The van der Waals surface area contributed by atoms with Crippen molar-refractivity contribution >= 4 is 30.3 Å². The number of phosphoric ester groups is 1. The van der Waals surface area contributed by atoms with Crippen LogP contribution < -0.4 is 4.90 Å². The van der Waals surface area contributed by atoms with Crippen LogP contribution in [0.2, 0.25) is 0 Å². The molecule has 1 aliphatic heterocycles. The molecule has 3 heterocycles. The fraction of sp³-hybridized carbons (Fsp3) is 0.227. The minimum absolute atomic E-state index is 0.231. The van der Waals surface area contributed by atoms with Crippen LogP contribution >= 0.6 is 7.82 Å². The topological polar surface area (TPSA) is 123 Å². The van der Waals surface area contributed by atoms with Gasteiger partial charge in [-0.15, -0.1) is 0 Å². The predicted octanol–water partition coefficient (Wildman–Crippen LogP) is 4.21. The molecule has 1 aliphatic rings. The lowest BCUT2D eigenvalue weighted by atomic mass is 10.0. The lowest BCUT2D eigenvalue weighted by Crippen LogP contribution is -2.42. The van der Waals surface area contributed by atoms with Gasteiger partial charge in [-0.3, -0.25) is 14.0 Å². The van der Waals surface area contributed by atoms with Gasteiger partial charge >= 0.3 is 14.0 Å². The molecule has 0 aliphatic carbocycles. The second-order valence-corrected chi connectivity index (χ2v) is 9.59. The minimum atomic E-state index is -4.66. The zero-order valence-corrected chi connectivity index (χ0v) is 19.5. The summed E-state index contributed by atoms with van der Waals surface area (Å²) in [6.45, 7) is 1.65. The fourth-order valence-electron chi connectivity index (χ4n) is 4.17. The van der Waals surface area contributed by atoms with Crippen LogP contribution in [0.5, 0.6) is 0 Å². The van der Waals surface area contributed by atoms with E-state index in [4.69, 9.17) is 9.79 Å². The van der Waals surface area contributed by atoms with Crippen molar-refractivity contribution in [2.24, 2.45) is 0 Å². The summed E-state index contributed by atoms with van der Waals surface area (Å²) in [5.41, 5.74) is 1.57. The molecule has 0 radical (unpaired) electrons. The summed E-state index contributed by atoms with van der Waals surface area (Å²) in [6, 6.07) is 9.39. The van der Waals surface area contributed by atoms with Crippen molar-refractivity contribution in [3.8, 4) is 11.1 Å². The lowest BCUT2D eigenvalue weighted by molar-refractivity contribution is -0.137. The van der Waals surface area contributed by atoms with Crippen LogP contribution in [0.25, 0.3) is 22.0 Å². The van der Waals surface area contributed by atoms with Gasteiger partial charge in [0.2, 0.25) is 0 Å². The van der Waals surface area contributed by atoms with Gasteiger partial charge in [-0.05, 0) is 48.9 Å². The molecule has 4 aromatic rings. The fourth-order valence-corrected chi connectivity index (χ4v) is 4.44. The summed E-state index contributed by atoms with van der Waals surface area (Å²) in [4.78, 5) is 32.7. The van der Waals surface area contributed by atoms with E-state index in [1.165, 1.54) is 21.7 Å². The number of aromatic nitrogens is 4. The third-order valence-electron chi connectivity index (χ3n) is 5.83. The van der Waals surface area contributed by atoms with Crippen molar-refractivity contribution in [2.45, 2.75) is 25.9 Å². The molecule has 2 aromatic carbocycles. The number of amides is 1. The SMILES string of the molecule is C[C@H]1CN(c2ccc(C(F)(F)F)cc2)C(=O)c2c(-c3ccc4nn(COP(=O)(O)O)cc4c3)cnn21. The van der Waals surface area contributed by atoms with Crippen LogP contribution in [0, 0.1) is 0 Å². The van der Waals surface area contributed by atoms with Crippen molar-refractivity contribution in [1.82, 2.24) is 19.6 Å². The molecule has 1 atom stereocenters. The number of rotatable bonds is 5. The Morgan fingerprint density at radius 2 is 1.89 bits per heavy atom. The lowest BCUT2D eigenvalue weighted by Gasteiger charge is -2.32. The molecule has 14 heteroatoms. The number of anilines is 1. The predicted molar refractivity (Wildman–Crippen MR) is 122 cm³/mol. The summed E-state index contributed by atoms with van der Waals surface area (Å²) in [5, 5.41) is 9.21. The molecule has 36 heavy (non-hydrogen) atoms. The minimum Gasteiger partial charge on any atom is -0.305 e. The summed E-state index contributed by atoms with van der Waals surface area (Å²) < 4.78 is 57.1. The number of nitrogens with zero attached hydrogens (tertiary/aromatic N) is 5. The maximum atomic E-state index is 13.5. The highest BCUT2D eigenvalue weighted by atomic mass is 31.2. The van der Waals surface area contributed by atoms with E-state index in [-0.39, 0.29) is 12.6 Å². The molecule has 188 valence electrons. The van der Waals surface area contributed by atoms with E-state index in [0.717, 1.165) is 12.1 Å². The van der Waals surface area contributed by atoms with Crippen molar-refractivity contribution in [2.75, 3.05) is 11.4 Å². The quantitative estimate of drug-likeness (QED) is 0.377. The highest BCUT2D eigenvalue weighted by molar-refractivity contribution is 7.46. The molecule has 0 unspecified atom stereocenters. The van der Waals surface area contributed by atoms with Gasteiger partial charge in [0, 0.05) is 29.4 Å². The van der Waals surface area contributed by atoms with Gasteiger partial charge in [0.1, 0.15) is 5.69 Å². The van der Waals surface area contributed by atoms with Crippen molar-refractivity contribution < 1.29 is 36.8 Å². The van der Waals surface area contributed by atoms with Gasteiger partial charge in [-0.25, -0.2) is 9.25 Å². The van der Waals surface area contributed by atoms with Gasteiger partial charge in [-0.2, -0.15) is 23.4 Å². The Hall–Kier alpha value is -3.51. The van der Waals surface area contributed by atoms with Gasteiger partial charge < -0.3 is 14.7 Å². The van der Waals surface area contributed by atoms with Gasteiger partial charge in [0.05, 0.1) is 23.3 Å². The molecule has 0 bridgehead atoms. The molecular weight excluding hydrogens is 502 g/mol. The standard InChI is InChI=1S/C22H19F3N5O5P/c1-13-10-29(17-5-3-16(4-6-17)22(23,24)25)21(31)20-18(9-26-30(13)20)14-2-7-19-15(8-14)11-28(27-19)12-35-36(32,33)34/h2-9,11,13H,10,12H2,1H3,(H2,32,33,34)/t13-/m0/s1. The molecule has 2 N–H and O–H groups in total. The number of benzene rings is 2. The second kappa shape index (κ2) is 8.56. The van der Waals surface area contributed by atoms with E-state index in [9.17, 15) is 22.5 Å². The largest absolute Gasteiger partial charge is 0.471 e. The average Bonchev–Trinajstić information content (AvgIpc) is 3.43. The number of alkyl halides is 3. The number of hydrogen-bond acceptors (Lipinski definition) is 5. The molecule has 0 fully saturated rings. The van der Waals surface area contributed by atoms with Crippen LogP contribution in [-0.4, -0.2) is 41.8 Å². The van der Waals surface area contributed by atoms with E-state index >= 15 is 0 Å². The molecule has 1 amide bonds. The first kappa shape index (κ1) is 24.2. The van der Waals surface area contributed by atoms with Crippen molar-refractivity contribution in [1.29, 1.82) is 0 Å². The number of fused-ring (bicyclic) bond motifs is 2. The van der Waals surface area contributed by atoms with Gasteiger partial charge in [0.15, 0.2) is 6.73 Å². The monoisotopic (exact) mass is 521 g/mol. The zero-order valence-electron chi connectivity index (χ0n) is 18.6. The van der Waals surface area contributed by atoms with Crippen LogP contribution in [0.4, 0.5) is 18.9 Å². The molecule has 0 saturated heterocycles. The first-order valence-electron chi connectivity index (χ1n) is 10.6. The Labute approximate surface area is 201 Å². The highest BCUT2D eigenvalue weighted by Crippen LogP contribution is 2.37. The summed E-state index contributed by atoms with van der Waals surface area (Å²) in [6.07, 6.45) is -1.37.